The Morgan fingerprint density at radius 2 is 2.54 bits per heavy atom. The van der Waals surface area contributed by atoms with Crippen molar-refractivity contribution in [3.8, 4) is 0 Å². The van der Waals surface area contributed by atoms with Crippen molar-refractivity contribution in [2.24, 2.45) is 5.73 Å². The van der Waals surface area contributed by atoms with Gasteiger partial charge in [-0.2, -0.15) is 0 Å². The molecule has 0 aromatic carbocycles. The van der Waals surface area contributed by atoms with Crippen LogP contribution in [0.15, 0.2) is 0 Å². The van der Waals surface area contributed by atoms with Crippen LogP contribution in [-0.2, 0) is 9.59 Å². The smallest absolute Gasteiger partial charge is 0.242 e. The quantitative estimate of drug-likeness (QED) is 0.512. The number of rotatable bonds is 3. The van der Waals surface area contributed by atoms with E-state index in [1.807, 2.05) is 6.92 Å². The third-order valence-electron chi connectivity index (χ3n) is 2.05. The van der Waals surface area contributed by atoms with Crippen molar-refractivity contribution in [3.63, 3.8) is 0 Å². The van der Waals surface area contributed by atoms with Crippen LogP contribution in [-0.4, -0.2) is 30.4 Å². The highest BCUT2D eigenvalue weighted by Crippen LogP contribution is 2.06. The Bertz CT molecular complexity index is 217. The van der Waals surface area contributed by atoms with Gasteiger partial charge in [0.1, 0.15) is 6.04 Å². The van der Waals surface area contributed by atoms with Crippen molar-refractivity contribution in [1.29, 1.82) is 0 Å². The lowest BCUT2D eigenvalue weighted by molar-refractivity contribution is -0.126. The molecule has 5 nitrogen and oxygen atoms in total. The molecule has 1 heterocycles. The lowest BCUT2D eigenvalue weighted by atomic mass is 10.2. The SMILES string of the molecule is C[C@@H](CN)NC(=O)C1CCC(=O)N1. The first-order chi connectivity index (χ1) is 6.13. The molecule has 74 valence electrons. The third kappa shape index (κ3) is 2.69. The van der Waals surface area contributed by atoms with E-state index < -0.39 is 0 Å². The first-order valence-corrected chi connectivity index (χ1v) is 4.43. The van der Waals surface area contributed by atoms with E-state index in [0.29, 0.717) is 19.4 Å². The summed E-state index contributed by atoms with van der Waals surface area (Å²) >= 11 is 0. The average Bonchev–Trinajstić information content (AvgIpc) is 2.51. The van der Waals surface area contributed by atoms with Gasteiger partial charge in [0.25, 0.3) is 0 Å². The predicted molar refractivity (Wildman–Crippen MR) is 47.8 cm³/mol. The Hall–Kier alpha value is -1.10. The fraction of sp³-hybridized carbons (Fsp3) is 0.750. The van der Waals surface area contributed by atoms with Gasteiger partial charge in [0.15, 0.2) is 0 Å². The van der Waals surface area contributed by atoms with E-state index in [-0.39, 0.29) is 23.9 Å². The monoisotopic (exact) mass is 185 g/mol. The van der Waals surface area contributed by atoms with Crippen molar-refractivity contribution >= 4 is 11.8 Å². The first kappa shape index (κ1) is 9.98. The number of carbonyl (C=O) groups excluding carboxylic acids is 2. The molecule has 0 spiro atoms. The van der Waals surface area contributed by atoms with Gasteiger partial charge in [-0.1, -0.05) is 0 Å². The topological polar surface area (TPSA) is 84.2 Å². The predicted octanol–water partition coefficient (Wildman–Crippen LogP) is -1.27. The Labute approximate surface area is 77.1 Å². The van der Waals surface area contributed by atoms with Crippen LogP contribution in [0.4, 0.5) is 0 Å². The van der Waals surface area contributed by atoms with E-state index >= 15 is 0 Å². The van der Waals surface area contributed by atoms with Gasteiger partial charge in [0.05, 0.1) is 0 Å². The second-order valence-electron chi connectivity index (χ2n) is 3.30. The highest BCUT2D eigenvalue weighted by atomic mass is 16.2. The number of amides is 2. The maximum atomic E-state index is 11.4. The van der Waals surface area contributed by atoms with Crippen molar-refractivity contribution in [1.82, 2.24) is 10.6 Å². The largest absolute Gasteiger partial charge is 0.351 e. The van der Waals surface area contributed by atoms with Gasteiger partial charge in [-0.3, -0.25) is 9.59 Å². The van der Waals surface area contributed by atoms with E-state index in [9.17, 15) is 9.59 Å². The van der Waals surface area contributed by atoms with E-state index in [4.69, 9.17) is 5.73 Å². The van der Waals surface area contributed by atoms with Gasteiger partial charge in [0, 0.05) is 19.0 Å². The molecule has 0 bridgehead atoms. The van der Waals surface area contributed by atoms with Crippen LogP contribution in [0, 0.1) is 0 Å². The minimum atomic E-state index is -0.360. The van der Waals surface area contributed by atoms with Gasteiger partial charge in [0.2, 0.25) is 11.8 Å². The van der Waals surface area contributed by atoms with Crippen LogP contribution in [0.25, 0.3) is 0 Å². The van der Waals surface area contributed by atoms with Crippen LogP contribution in [0.3, 0.4) is 0 Å². The molecule has 13 heavy (non-hydrogen) atoms. The summed E-state index contributed by atoms with van der Waals surface area (Å²) in [5, 5.41) is 5.30. The number of hydrogen-bond acceptors (Lipinski definition) is 3. The molecule has 0 aromatic rings. The van der Waals surface area contributed by atoms with Gasteiger partial charge >= 0.3 is 0 Å². The van der Waals surface area contributed by atoms with Gasteiger partial charge < -0.3 is 16.4 Å². The van der Waals surface area contributed by atoms with E-state index in [2.05, 4.69) is 10.6 Å². The zero-order valence-corrected chi connectivity index (χ0v) is 7.67. The number of carbonyl (C=O) groups is 2. The fourth-order valence-electron chi connectivity index (χ4n) is 1.21. The van der Waals surface area contributed by atoms with Crippen LogP contribution in [0.2, 0.25) is 0 Å². The molecule has 2 atom stereocenters. The lowest BCUT2D eigenvalue weighted by Gasteiger charge is -2.15. The minimum Gasteiger partial charge on any atom is -0.351 e. The highest BCUT2D eigenvalue weighted by Gasteiger charge is 2.27. The first-order valence-electron chi connectivity index (χ1n) is 4.43. The normalized spacial score (nSPS) is 23.8. The Balaban J connectivity index is 2.35. The van der Waals surface area contributed by atoms with Gasteiger partial charge in [-0.05, 0) is 13.3 Å². The van der Waals surface area contributed by atoms with E-state index in [0.717, 1.165) is 0 Å². The maximum Gasteiger partial charge on any atom is 0.242 e. The summed E-state index contributed by atoms with van der Waals surface area (Å²) < 4.78 is 0. The highest BCUT2D eigenvalue weighted by molar-refractivity contribution is 5.90. The standard InChI is InChI=1S/C8H15N3O2/c1-5(4-9)10-8(13)6-2-3-7(12)11-6/h5-6H,2-4,9H2,1H3,(H,10,13)(H,11,12)/t5-,6?/m0/s1. The summed E-state index contributed by atoms with van der Waals surface area (Å²) in [6, 6.07) is -0.397. The molecule has 2 amide bonds. The summed E-state index contributed by atoms with van der Waals surface area (Å²) in [7, 11) is 0. The van der Waals surface area contributed by atoms with Gasteiger partial charge in [-0.25, -0.2) is 0 Å². The minimum absolute atomic E-state index is 0.0370. The molecule has 0 aliphatic carbocycles. The van der Waals surface area contributed by atoms with Crippen LogP contribution < -0.4 is 16.4 Å². The molecule has 0 saturated carbocycles. The molecule has 1 rings (SSSR count). The number of nitrogens with one attached hydrogen (secondary N) is 2. The summed E-state index contributed by atoms with van der Waals surface area (Å²) in [4.78, 5) is 22.2. The second kappa shape index (κ2) is 4.23. The summed E-state index contributed by atoms with van der Waals surface area (Å²) in [5.41, 5.74) is 5.34. The summed E-state index contributed by atoms with van der Waals surface area (Å²) in [5.74, 6) is -0.190. The Kier molecular flexibility index (Phi) is 3.25. The Morgan fingerprint density at radius 3 is 3.00 bits per heavy atom. The van der Waals surface area contributed by atoms with E-state index in [1.54, 1.807) is 0 Å². The number of hydrogen-bond donors (Lipinski definition) is 3. The number of nitrogens with two attached hydrogens (primary N) is 1. The van der Waals surface area contributed by atoms with Crippen molar-refractivity contribution < 1.29 is 9.59 Å². The van der Waals surface area contributed by atoms with Crippen LogP contribution >= 0.6 is 0 Å². The third-order valence-corrected chi connectivity index (χ3v) is 2.05. The zero-order chi connectivity index (χ0) is 9.84. The zero-order valence-electron chi connectivity index (χ0n) is 7.67. The molecule has 0 aromatic heterocycles. The molecule has 1 unspecified atom stereocenters. The average molecular weight is 185 g/mol. The molecular formula is C8H15N3O2. The fourth-order valence-corrected chi connectivity index (χ4v) is 1.21. The Morgan fingerprint density at radius 1 is 1.85 bits per heavy atom. The second-order valence-corrected chi connectivity index (χ2v) is 3.30. The van der Waals surface area contributed by atoms with Crippen molar-refractivity contribution in [3.05, 3.63) is 0 Å². The van der Waals surface area contributed by atoms with Crippen molar-refractivity contribution in [2.45, 2.75) is 31.8 Å². The molecular weight excluding hydrogens is 170 g/mol. The molecule has 1 aliphatic heterocycles. The van der Waals surface area contributed by atoms with Crippen LogP contribution in [0.1, 0.15) is 19.8 Å². The molecule has 5 heteroatoms. The lowest BCUT2D eigenvalue weighted by Crippen LogP contribution is -2.47. The molecule has 1 saturated heterocycles. The van der Waals surface area contributed by atoms with E-state index in [1.165, 1.54) is 0 Å². The van der Waals surface area contributed by atoms with Crippen LogP contribution in [0.5, 0.6) is 0 Å². The molecule has 4 N–H and O–H groups in total. The summed E-state index contributed by atoms with van der Waals surface area (Å²) in [6.07, 6.45) is 1.02. The van der Waals surface area contributed by atoms with Crippen molar-refractivity contribution in [2.75, 3.05) is 6.54 Å². The molecule has 1 fully saturated rings. The summed E-state index contributed by atoms with van der Waals surface area (Å²) in [6.45, 7) is 2.24. The van der Waals surface area contributed by atoms with Gasteiger partial charge in [-0.15, -0.1) is 0 Å². The molecule has 0 radical (unpaired) electrons. The molecule has 1 aliphatic rings. The maximum absolute atomic E-state index is 11.4.